The minimum Gasteiger partial charge on any atom is -0.346 e. The lowest BCUT2D eigenvalue weighted by atomic mass is 9.77. The van der Waals surface area contributed by atoms with Crippen LogP contribution in [0.5, 0.6) is 0 Å². The molecular formula is C23H24N2O. The van der Waals surface area contributed by atoms with Crippen LogP contribution in [0, 0.1) is 0 Å². The van der Waals surface area contributed by atoms with Gasteiger partial charge in [0.25, 0.3) is 5.91 Å². The molecule has 4 rings (SSSR count). The van der Waals surface area contributed by atoms with E-state index in [2.05, 4.69) is 34.6 Å². The number of para-hydroxylation sites is 1. The number of hydrogen-bond donors (Lipinski definition) is 1. The predicted octanol–water partition coefficient (Wildman–Crippen LogP) is 4.91. The van der Waals surface area contributed by atoms with E-state index in [0.29, 0.717) is 5.56 Å². The molecule has 1 heterocycles. The Labute approximate surface area is 154 Å². The molecule has 3 heteroatoms. The molecule has 26 heavy (non-hydrogen) atoms. The summed E-state index contributed by atoms with van der Waals surface area (Å²) in [6, 6.07) is 20.3. The number of rotatable bonds is 4. The maximum absolute atomic E-state index is 13.0. The molecule has 0 spiro atoms. The second kappa shape index (κ2) is 7.28. The number of benzene rings is 2. The van der Waals surface area contributed by atoms with Crippen molar-refractivity contribution in [2.45, 2.75) is 44.1 Å². The number of nitrogens with zero attached hydrogens (tertiary/aromatic N) is 1. The first-order valence-electron chi connectivity index (χ1n) is 9.45. The van der Waals surface area contributed by atoms with E-state index in [4.69, 9.17) is 0 Å². The van der Waals surface area contributed by atoms with Crippen molar-refractivity contribution in [1.29, 1.82) is 0 Å². The van der Waals surface area contributed by atoms with E-state index in [1.54, 1.807) is 6.20 Å². The van der Waals surface area contributed by atoms with Crippen molar-refractivity contribution < 1.29 is 4.79 Å². The Kier molecular flexibility index (Phi) is 4.70. The molecule has 3 aromatic rings. The average Bonchev–Trinajstić information content (AvgIpc) is 2.69. The molecule has 2 aromatic carbocycles. The first-order valence-corrected chi connectivity index (χ1v) is 9.45. The number of pyridine rings is 1. The number of aromatic nitrogens is 1. The molecule has 0 bridgehead atoms. The van der Waals surface area contributed by atoms with Crippen LogP contribution in [0.3, 0.4) is 0 Å². The van der Waals surface area contributed by atoms with Crippen molar-refractivity contribution in [3.8, 4) is 0 Å². The number of carbonyl (C=O) groups excluding carboxylic acids is 1. The van der Waals surface area contributed by atoms with E-state index in [-0.39, 0.29) is 11.4 Å². The summed E-state index contributed by atoms with van der Waals surface area (Å²) in [5, 5.41) is 4.38. The van der Waals surface area contributed by atoms with Gasteiger partial charge in [-0.25, -0.2) is 0 Å². The van der Waals surface area contributed by atoms with Crippen LogP contribution in [-0.4, -0.2) is 16.4 Å². The summed E-state index contributed by atoms with van der Waals surface area (Å²) < 4.78 is 0. The molecule has 0 atom stereocenters. The summed E-state index contributed by atoms with van der Waals surface area (Å²) in [7, 11) is 0. The molecule has 1 aromatic heterocycles. The molecule has 0 saturated heterocycles. The highest BCUT2D eigenvalue weighted by molar-refractivity contribution is 5.97. The minimum absolute atomic E-state index is 0.0129. The molecule has 1 amide bonds. The van der Waals surface area contributed by atoms with Crippen molar-refractivity contribution in [3.63, 3.8) is 0 Å². The highest BCUT2D eigenvalue weighted by Gasteiger charge is 2.34. The van der Waals surface area contributed by atoms with Gasteiger partial charge in [-0.3, -0.25) is 9.78 Å². The Hall–Kier alpha value is -2.68. The minimum atomic E-state index is -0.150. The number of amides is 1. The Morgan fingerprint density at radius 2 is 1.69 bits per heavy atom. The first kappa shape index (κ1) is 16.8. The zero-order chi connectivity index (χ0) is 17.8. The third kappa shape index (κ3) is 3.62. The molecule has 1 aliphatic carbocycles. The van der Waals surface area contributed by atoms with Crippen LogP contribution in [0.2, 0.25) is 0 Å². The van der Waals surface area contributed by atoms with E-state index < -0.39 is 0 Å². The number of carbonyl (C=O) groups is 1. The zero-order valence-corrected chi connectivity index (χ0v) is 14.9. The lowest BCUT2D eigenvalue weighted by Crippen LogP contribution is -2.51. The van der Waals surface area contributed by atoms with Gasteiger partial charge in [0.1, 0.15) is 0 Å². The summed E-state index contributed by atoms with van der Waals surface area (Å²) >= 11 is 0. The number of hydrogen-bond acceptors (Lipinski definition) is 2. The van der Waals surface area contributed by atoms with Crippen molar-refractivity contribution in [2.75, 3.05) is 0 Å². The molecule has 1 fully saturated rings. The normalized spacial score (nSPS) is 16.3. The van der Waals surface area contributed by atoms with Crippen molar-refractivity contribution in [2.24, 2.45) is 0 Å². The Morgan fingerprint density at radius 1 is 0.962 bits per heavy atom. The monoisotopic (exact) mass is 344 g/mol. The Balaban J connectivity index is 1.58. The highest BCUT2D eigenvalue weighted by Crippen LogP contribution is 2.32. The predicted molar refractivity (Wildman–Crippen MR) is 105 cm³/mol. The van der Waals surface area contributed by atoms with Gasteiger partial charge in [0.05, 0.1) is 11.1 Å². The van der Waals surface area contributed by atoms with Gasteiger partial charge in [0.2, 0.25) is 0 Å². The summed E-state index contributed by atoms with van der Waals surface area (Å²) in [5.74, 6) is -0.0129. The van der Waals surface area contributed by atoms with Crippen molar-refractivity contribution >= 4 is 16.8 Å². The zero-order valence-electron chi connectivity index (χ0n) is 14.9. The van der Waals surface area contributed by atoms with Crippen molar-refractivity contribution in [3.05, 3.63) is 78.0 Å². The smallest absolute Gasteiger partial charge is 0.253 e. The van der Waals surface area contributed by atoms with E-state index >= 15 is 0 Å². The number of fused-ring (bicyclic) bond motifs is 1. The van der Waals surface area contributed by atoms with Gasteiger partial charge in [0, 0.05) is 17.1 Å². The van der Waals surface area contributed by atoms with Gasteiger partial charge in [-0.1, -0.05) is 67.8 Å². The van der Waals surface area contributed by atoms with Crippen LogP contribution in [0.4, 0.5) is 0 Å². The topological polar surface area (TPSA) is 42.0 Å². The van der Waals surface area contributed by atoms with E-state index in [1.807, 2.05) is 36.4 Å². The molecule has 3 nitrogen and oxygen atoms in total. The van der Waals surface area contributed by atoms with Gasteiger partial charge < -0.3 is 5.32 Å². The standard InChI is InChI=1S/C23H24N2O/c26-22(20-15-19-11-5-6-12-21(19)24-17-20)25-23(13-7-2-8-14-23)16-18-9-3-1-4-10-18/h1,3-6,9-12,15,17H,2,7-8,13-14,16H2,(H,25,26). The maximum Gasteiger partial charge on any atom is 0.253 e. The van der Waals surface area contributed by atoms with Gasteiger partial charge in [-0.2, -0.15) is 0 Å². The molecule has 1 N–H and O–H groups in total. The fraction of sp³-hybridized carbons (Fsp3) is 0.304. The molecule has 1 aliphatic rings. The Morgan fingerprint density at radius 3 is 2.50 bits per heavy atom. The molecule has 0 radical (unpaired) electrons. The van der Waals surface area contributed by atoms with Crippen LogP contribution in [0.1, 0.15) is 48.0 Å². The molecular weight excluding hydrogens is 320 g/mol. The lowest BCUT2D eigenvalue weighted by Gasteiger charge is -2.38. The lowest BCUT2D eigenvalue weighted by molar-refractivity contribution is 0.0868. The second-order valence-corrected chi connectivity index (χ2v) is 7.37. The SMILES string of the molecule is O=C(NC1(Cc2ccccc2)CCCCC1)c1cnc2ccccc2c1. The summed E-state index contributed by atoms with van der Waals surface area (Å²) in [5.41, 5.74) is 2.69. The molecule has 1 saturated carbocycles. The summed E-state index contributed by atoms with van der Waals surface area (Å²) in [6.07, 6.45) is 8.25. The fourth-order valence-corrected chi connectivity index (χ4v) is 4.07. The highest BCUT2D eigenvalue weighted by atomic mass is 16.1. The summed E-state index contributed by atoms with van der Waals surface area (Å²) in [4.78, 5) is 17.4. The van der Waals surface area contributed by atoms with E-state index in [1.165, 1.54) is 24.8 Å². The van der Waals surface area contributed by atoms with Crippen LogP contribution >= 0.6 is 0 Å². The van der Waals surface area contributed by atoms with Crippen LogP contribution in [0.25, 0.3) is 10.9 Å². The fourth-order valence-electron chi connectivity index (χ4n) is 4.07. The first-order chi connectivity index (χ1) is 12.7. The third-order valence-corrected chi connectivity index (χ3v) is 5.43. The molecule has 132 valence electrons. The van der Waals surface area contributed by atoms with Gasteiger partial charge in [-0.15, -0.1) is 0 Å². The average molecular weight is 344 g/mol. The number of nitrogens with one attached hydrogen (secondary N) is 1. The molecule has 0 aliphatic heterocycles. The Bertz CT molecular complexity index is 898. The molecule has 0 unspecified atom stereocenters. The quantitative estimate of drug-likeness (QED) is 0.730. The van der Waals surface area contributed by atoms with Gasteiger partial charge in [-0.05, 0) is 37.0 Å². The van der Waals surface area contributed by atoms with E-state index in [9.17, 15) is 4.79 Å². The van der Waals surface area contributed by atoms with Gasteiger partial charge >= 0.3 is 0 Å². The van der Waals surface area contributed by atoms with Crippen molar-refractivity contribution in [1.82, 2.24) is 10.3 Å². The maximum atomic E-state index is 13.0. The van der Waals surface area contributed by atoms with Gasteiger partial charge in [0.15, 0.2) is 0 Å². The third-order valence-electron chi connectivity index (χ3n) is 5.43. The van der Waals surface area contributed by atoms with Crippen LogP contribution < -0.4 is 5.32 Å². The second-order valence-electron chi connectivity index (χ2n) is 7.37. The largest absolute Gasteiger partial charge is 0.346 e. The van der Waals surface area contributed by atoms with E-state index in [0.717, 1.165) is 30.2 Å². The van der Waals surface area contributed by atoms with Crippen LogP contribution in [0.15, 0.2) is 66.9 Å². The summed E-state index contributed by atoms with van der Waals surface area (Å²) in [6.45, 7) is 0. The van der Waals surface area contributed by atoms with Crippen LogP contribution in [-0.2, 0) is 6.42 Å².